The first kappa shape index (κ1) is 16.4. The van der Waals surface area contributed by atoms with E-state index in [4.69, 9.17) is 23.7 Å². The highest BCUT2D eigenvalue weighted by Crippen LogP contribution is 2.23. The lowest BCUT2D eigenvalue weighted by Crippen LogP contribution is -2.57. The van der Waals surface area contributed by atoms with Crippen molar-refractivity contribution in [2.45, 2.75) is 45.2 Å². The molecule has 0 unspecified atom stereocenters. The average Bonchev–Trinajstić information content (AvgIpc) is 2.37. The summed E-state index contributed by atoms with van der Waals surface area (Å²) in [5.74, 6) is -0.366. The van der Waals surface area contributed by atoms with Crippen LogP contribution in [0.2, 0.25) is 0 Å². The minimum Gasteiger partial charge on any atom is -0.457 e. The number of rotatable bonds is 7. The highest BCUT2D eigenvalue weighted by molar-refractivity contribution is 5.66. The SMILES string of the molecule is CCOC[C@H]1OC[C@H](OCC)[C@@H](OC)[C@@H]1OC(C)=O. The lowest BCUT2D eigenvalue weighted by atomic mass is 9.99. The molecule has 0 N–H and O–H groups in total. The largest absolute Gasteiger partial charge is 0.457 e. The third kappa shape index (κ3) is 4.72. The zero-order chi connectivity index (χ0) is 14.3. The molecule has 6 nitrogen and oxygen atoms in total. The molecule has 1 saturated heterocycles. The van der Waals surface area contributed by atoms with Crippen LogP contribution in [0.15, 0.2) is 0 Å². The first-order chi connectivity index (χ1) is 9.13. The van der Waals surface area contributed by atoms with Gasteiger partial charge >= 0.3 is 5.97 Å². The third-order valence-corrected chi connectivity index (χ3v) is 2.97. The van der Waals surface area contributed by atoms with Crippen molar-refractivity contribution in [2.24, 2.45) is 0 Å². The quantitative estimate of drug-likeness (QED) is 0.640. The molecule has 112 valence electrons. The molecule has 1 aliphatic heterocycles. The maximum atomic E-state index is 11.2. The topological polar surface area (TPSA) is 63.2 Å². The van der Waals surface area contributed by atoms with E-state index in [1.807, 2.05) is 13.8 Å². The summed E-state index contributed by atoms with van der Waals surface area (Å²) in [6.07, 6.45) is -1.43. The fourth-order valence-electron chi connectivity index (χ4n) is 2.19. The predicted octanol–water partition coefficient (Wildman–Crippen LogP) is 0.773. The van der Waals surface area contributed by atoms with Crippen molar-refractivity contribution in [3.8, 4) is 0 Å². The second-order valence-corrected chi connectivity index (χ2v) is 4.30. The number of esters is 1. The molecule has 0 radical (unpaired) electrons. The number of hydrogen-bond acceptors (Lipinski definition) is 6. The molecule has 19 heavy (non-hydrogen) atoms. The third-order valence-electron chi connectivity index (χ3n) is 2.97. The van der Waals surface area contributed by atoms with E-state index in [1.165, 1.54) is 6.92 Å². The van der Waals surface area contributed by atoms with E-state index in [9.17, 15) is 4.79 Å². The van der Waals surface area contributed by atoms with Crippen molar-refractivity contribution in [2.75, 3.05) is 33.5 Å². The molecule has 0 aromatic carbocycles. The maximum absolute atomic E-state index is 11.2. The smallest absolute Gasteiger partial charge is 0.303 e. The molecule has 0 aromatic heterocycles. The van der Waals surface area contributed by atoms with Gasteiger partial charge in [-0.25, -0.2) is 0 Å². The zero-order valence-electron chi connectivity index (χ0n) is 12.1. The Hall–Kier alpha value is -0.690. The average molecular weight is 276 g/mol. The van der Waals surface area contributed by atoms with Crippen molar-refractivity contribution in [1.82, 2.24) is 0 Å². The lowest BCUT2D eigenvalue weighted by Gasteiger charge is -2.40. The molecule has 0 saturated carbocycles. The van der Waals surface area contributed by atoms with Gasteiger partial charge in [-0.3, -0.25) is 4.79 Å². The molecular formula is C13H24O6. The number of carbonyl (C=O) groups is 1. The minimum atomic E-state index is -0.514. The summed E-state index contributed by atoms with van der Waals surface area (Å²) < 4.78 is 27.4. The van der Waals surface area contributed by atoms with Crippen LogP contribution in [0.25, 0.3) is 0 Å². The van der Waals surface area contributed by atoms with E-state index in [2.05, 4.69) is 0 Å². The van der Waals surface area contributed by atoms with Crippen LogP contribution in [0.1, 0.15) is 20.8 Å². The van der Waals surface area contributed by atoms with Gasteiger partial charge in [0, 0.05) is 27.2 Å². The molecular weight excluding hydrogens is 252 g/mol. The maximum Gasteiger partial charge on any atom is 0.303 e. The number of ether oxygens (including phenoxy) is 5. The Morgan fingerprint density at radius 2 is 2.00 bits per heavy atom. The van der Waals surface area contributed by atoms with Gasteiger partial charge in [-0.15, -0.1) is 0 Å². The Bertz CT molecular complexity index is 270. The molecule has 6 heteroatoms. The normalized spacial score (nSPS) is 31.2. The summed E-state index contributed by atoms with van der Waals surface area (Å²) in [4.78, 5) is 11.2. The predicted molar refractivity (Wildman–Crippen MR) is 68.0 cm³/mol. The van der Waals surface area contributed by atoms with Gasteiger partial charge in [0.1, 0.15) is 18.3 Å². The molecule has 0 aromatic rings. The van der Waals surface area contributed by atoms with Crippen molar-refractivity contribution in [3.63, 3.8) is 0 Å². The van der Waals surface area contributed by atoms with Crippen molar-refractivity contribution in [3.05, 3.63) is 0 Å². The molecule has 1 rings (SSSR count). The molecule has 0 spiro atoms. The first-order valence-corrected chi connectivity index (χ1v) is 6.64. The van der Waals surface area contributed by atoms with Gasteiger partial charge in [0.05, 0.1) is 13.2 Å². The highest BCUT2D eigenvalue weighted by Gasteiger charge is 2.43. The molecule has 1 fully saturated rings. The van der Waals surface area contributed by atoms with Gasteiger partial charge in [0.15, 0.2) is 6.10 Å². The summed E-state index contributed by atoms with van der Waals surface area (Å²) in [5.41, 5.74) is 0. The fourth-order valence-corrected chi connectivity index (χ4v) is 2.19. The van der Waals surface area contributed by atoms with Crippen molar-refractivity contribution < 1.29 is 28.5 Å². The second-order valence-electron chi connectivity index (χ2n) is 4.30. The van der Waals surface area contributed by atoms with E-state index in [0.717, 1.165) is 0 Å². The molecule has 0 amide bonds. The summed E-state index contributed by atoms with van der Waals surface area (Å²) in [7, 11) is 1.58. The van der Waals surface area contributed by atoms with Crippen molar-refractivity contribution >= 4 is 5.97 Å². The molecule has 1 aliphatic rings. The van der Waals surface area contributed by atoms with Crippen LogP contribution < -0.4 is 0 Å². The summed E-state index contributed by atoms with van der Waals surface area (Å²) in [6, 6.07) is 0. The Balaban J connectivity index is 2.75. The summed E-state index contributed by atoms with van der Waals surface area (Å²) in [6.45, 7) is 7.08. The van der Waals surface area contributed by atoms with Gasteiger partial charge in [-0.05, 0) is 13.8 Å². The van der Waals surface area contributed by atoms with Crippen LogP contribution >= 0.6 is 0 Å². The van der Waals surface area contributed by atoms with Gasteiger partial charge in [-0.1, -0.05) is 0 Å². The van der Waals surface area contributed by atoms with Crippen molar-refractivity contribution in [1.29, 1.82) is 0 Å². The molecule has 1 heterocycles. The van der Waals surface area contributed by atoms with Crippen LogP contribution in [0.3, 0.4) is 0 Å². The van der Waals surface area contributed by atoms with E-state index >= 15 is 0 Å². The van der Waals surface area contributed by atoms with E-state index in [1.54, 1.807) is 7.11 Å². The van der Waals surface area contributed by atoms with E-state index in [0.29, 0.717) is 26.4 Å². The second kappa shape index (κ2) is 8.47. The fraction of sp³-hybridized carbons (Fsp3) is 0.923. The van der Waals surface area contributed by atoms with Crippen LogP contribution in [0.5, 0.6) is 0 Å². The molecule has 0 bridgehead atoms. The van der Waals surface area contributed by atoms with Crippen LogP contribution in [0, 0.1) is 0 Å². The summed E-state index contributed by atoms with van der Waals surface area (Å²) in [5, 5.41) is 0. The molecule has 4 atom stereocenters. The first-order valence-electron chi connectivity index (χ1n) is 6.64. The van der Waals surface area contributed by atoms with E-state index in [-0.39, 0.29) is 24.3 Å². The van der Waals surface area contributed by atoms with Crippen LogP contribution in [-0.2, 0) is 28.5 Å². The van der Waals surface area contributed by atoms with E-state index < -0.39 is 6.10 Å². The number of methoxy groups -OCH3 is 1. The highest BCUT2D eigenvalue weighted by atomic mass is 16.6. The molecule has 0 aliphatic carbocycles. The van der Waals surface area contributed by atoms with Gasteiger partial charge in [-0.2, -0.15) is 0 Å². The lowest BCUT2D eigenvalue weighted by molar-refractivity contribution is -0.229. The minimum absolute atomic E-state index is 0.239. The number of hydrogen-bond donors (Lipinski definition) is 0. The zero-order valence-corrected chi connectivity index (χ0v) is 12.1. The Morgan fingerprint density at radius 3 is 2.53 bits per heavy atom. The van der Waals surface area contributed by atoms with Crippen LogP contribution in [-0.4, -0.2) is 63.9 Å². The van der Waals surface area contributed by atoms with Gasteiger partial charge in [0.2, 0.25) is 0 Å². The monoisotopic (exact) mass is 276 g/mol. The Kier molecular flexibility index (Phi) is 7.30. The van der Waals surface area contributed by atoms with Gasteiger partial charge < -0.3 is 23.7 Å². The number of carbonyl (C=O) groups excluding carboxylic acids is 1. The van der Waals surface area contributed by atoms with Gasteiger partial charge in [0.25, 0.3) is 0 Å². The standard InChI is InChI=1S/C13H24O6/c1-5-16-7-10-13(19-9(3)14)12(15-4)11(8-18-10)17-6-2/h10-13H,5-8H2,1-4H3/t10-,11+,12-,13-/m1/s1. The Morgan fingerprint density at radius 1 is 1.26 bits per heavy atom. The Labute approximate surface area is 114 Å². The van der Waals surface area contributed by atoms with Crippen LogP contribution in [0.4, 0.5) is 0 Å². The summed E-state index contributed by atoms with van der Waals surface area (Å²) >= 11 is 0.